The molecule has 1 aromatic rings. The second-order valence-electron chi connectivity index (χ2n) is 2.42. The predicted molar refractivity (Wildman–Crippen MR) is 48.3 cm³/mol. The van der Waals surface area contributed by atoms with E-state index in [4.69, 9.17) is 16.4 Å². The van der Waals surface area contributed by atoms with E-state index in [-0.39, 0.29) is 6.61 Å². The van der Waals surface area contributed by atoms with Gasteiger partial charge in [-0.05, 0) is 17.7 Å². The largest absolute Gasteiger partial charge is 0.482 e. The molecule has 0 aromatic heterocycles. The molecule has 1 radical (unpaired) electrons. The van der Waals surface area contributed by atoms with E-state index in [2.05, 4.69) is 0 Å². The van der Waals surface area contributed by atoms with Gasteiger partial charge in [-0.25, -0.2) is 4.79 Å². The zero-order chi connectivity index (χ0) is 9.68. The Morgan fingerprint density at radius 2 is 2.08 bits per heavy atom. The van der Waals surface area contributed by atoms with E-state index in [9.17, 15) is 4.79 Å². The SMILES string of the molecule is [CH]=Cc1ccc(OCC(=O)O)cc1. The van der Waals surface area contributed by atoms with Crippen molar-refractivity contribution in [3.05, 3.63) is 36.4 Å². The molecule has 1 aromatic carbocycles. The van der Waals surface area contributed by atoms with E-state index < -0.39 is 5.97 Å². The van der Waals surface area contributed by atoms with Crippen molar-refractivity contribution < 1.29 is 14.6 Å². The van der Waals surface area contributed by atoms with Crippen LogP contribution in [0.2, 0.25) is 0 Å². The molecule has 0 aliphatic carbocycles. The van der Waals surface area contributed by atoms with Gasteiger partial charge in [0.2, 0.25) is 0 Å². The normalized spacial score (nSPS) is 9.23. The van der Waals surface area contributed by atoms with Crippen molar-refractivity contribution in [2.24, 2.45) is 0 Å². The third kappa shape index (κ3) is 2.99. The number of carboxylic acid groups (broad SMARTS) is 1. The molecular weight excluding hydrogens is 168 g/mol. The summed E-state index contributed by atoms with van der Waals surface area (Å²) in [5, 5.41) is 8.32. The number of carbonyl (C=O) groups is 1. The number of hydrogen-bond donors (Lipinski definition) is 1. The molecule has 0 aliphatic heterocycles. The maximum atomic E-state index is 10.1. The molecule has 1 rings (SSSR count). The van der Waals surface area contributed by atoms with Gasteiger partial charge in [0.25, 0.3) is 0 Å². The van der Waals surface area contributed by atoms with Crippen molar-refractivity contribution in [1.82, 2.24) is 0 Å². The van der Waals surface area contributed by atoms with Crippen molar-refractivity contribution in [3.8, 4) is 5.75 Å². The minimum Gasteiger partial charge on any atom is -0.482 e. The van der Waals surface area contributed by atoms with Gasteiger partial charge in [0.1, 0.15) is 5.75 Å². The summed E-state index contributed by atoms with van der Waals surface area (Å²) in [5.74, 6) is -0.470. The average Bonchev–Trinajstić information content (AvgIpc) is 2.15. The third-order valence-electron chi connectivity index (χ3n) is 1.43. The van der Waals surface area contributed by atoms with Crippen LogP contribution in [0, 0.1) is 6.58 Å². The predicted octanol–water partition coefficient (Wildman–Crippen LogP) is 1.60. The van der Waals surface area contributed by atoms with Gasteiger partial charge in [-0.1, -0.05) is 24.8 Å². The fourth-order valence-electron chi connectivity index (χ4n) is 0.820. The lowest BCUT2D eigenvalue weighted by molar-refractivity contribution is -0.139. The number of ether oxygens (including phenoxy) is 1. The second kappa shape index (κ2) is 4.30. The van der Waals surface area contributed by atoms with Crippen LogP contribution < -0.4 is 4.74 Å². The molecule has 0 amide bonds. The molecule has 0 unspecified atom stereocenters. The Hall–Kier alpha value is -1.77. The molecule has 0 atom stereocenters. The quantitative estimate of drug-likeness (QED) is 0.759. The first-order valence-corrected chi connectivity index (χ1v) is 3.72. The van der Waals surface area contributed by atoms with Gasteiger partial charge in [-0.15, -0.1) is 0 Å². The van der Waals surface area contributed by atoms with E-state index in [1.54, 1.807) is 24.3 Å². The highest BCUT2D eigenvalue weighted by Crippen LogP contribution is 2.12. The monoisotopic (exact) mass is 177 g/mol. The minimum atomic E-state index is -0.991. The first-order chi connectivity index (χ1) is 6.22. The molecule has 1 N–H and O–H groups in total. The van der Waals surface area contributed by atoms with Crippen LogP contribution in [0.1, 0.15) is 5.56 Å². The fourth-order valence-corrected chi connectivity index (χ4v) is 0.820. The third-order valence-corrected chi connectivity index (χ3v) is 1.43. The molecule has 0 spiro atoms. The summed E-state index contributed by atoms with van der Waals surface area (Å²) in [6, 6.07) is 6.83. The summed E-state index contributed by atoms with van der Waals surface area (Å²) in [5.41, 5.74) is 0.864. The zero-order valence-corrected chi connectivity index (χ0v) is 6.93. The molecule has 67 valence electrons. The fraction of sp³-hybridized carbons (Fsp3) is 0.100. The summed E-state index contributed by atoms with van der Waals surface area (Å²) in [6.07, 6.45) is 1.46. The van der Waals surface area contributed by atoms with Crippen molar-refractivity contribution in [1.29, 1.82) is 0 Å². The van der Waals surface area contributed by atoms with Gasteiger partial charge < -0.3 is 9.84 Å². The Bertz CT molecular complexity index is 300. The number of hydrogen-bond acceptors (Lipinski definition) is 2. The van der Waals surface area contributed by atoms with Crippen LogP contribution in [-0.2, 0) is 4.79 Å². The molecule has 0 aliphatic rings. The summed E-state index contributed by atoms with van der Waals surface area (Å²) in [6.45, 7) is 4.93. The van der Waals surface area contributed by atoms with E-state index in [0.717, 1.165) is 5.56 Å². The number of aliphatic carboxylic acids is 1. The zero-order valence-electron chi connectivity index (χ0n) is 6.93. The van der Waals surface area contributed by atoms with Crippen LogP contribution >= 0.6 is 0 Å². The van der Waals surface area contributed by atoms with E-state index in [1.807, 2.05) is 0 Å². The molecule has 0 saturated carbocycles. The maximum Gasteiger partial charge on any atom is 0.341 e. The summed E-state index contributed by atoms with van der Waals surface area (Å²) in [4.78, 5) is 10.1. The second-order valence-corrected chi connectivity index (χ2v) is 2.42. The van der Waals surface area contributed by atoms with Gasteiger partial charge in [0.15, 0.2) is 6.61 Å². The highest BCUT2D eigenvalue weighted by Gasteiger charge is 1.97. The Kier molecular flexibility index (Phi) is 3.09. The summed E-state index contributed by atoms with van der Waals surface area (Å²) >= 11 is 0. The van der Waals surface area contributed by atoms with Gasteiger partial charge in [-0.3, -0.25) is 0 Å². The Morgan fingerprint density at radius 1 is 1.46 bits per heavy atom. The molecule has 13 heavy (non-hydrogen) atoms. The first-order valence-electron chi connectivity index (χ1n) is 3.72. The minimum absolute atomic E-state index is 0.328. The molecular formula is C10H9O3. The number of carboxylic acids is 1. The molecule has 0 bridgehead atoms. The first kappa shape index (κ1) is 9.32. The Morgan fingerprint density at radius 3 is 2.54 bits per heavy atom. The highest BCUT2D eigenvalue weighted by atomic mass is 16.5. The molecule has 0 fully saturated rings. The molecule has 0 saturated heterocycles. The Balaban J connectivity index is 2.59. The van der Waals surface area contributed by atoms with Crippen molar-refractivity contribution in [2.45, 2.75) is 0 Å². The van der Waals surface area contributed by atoms with Crippen LogP contribution in [0.15, 0.2) is 24.3 Å². The molecule has 0 heterocycles. The van der Waals surface area contributed by atoms with Gasteiger partial charge in [-0.2, -0.15) is 0 Å². The highest BCUT2D eigenvalue weighted by molar-refractivity contribution is 5.68. The lowest BCUT2D eigenvalue weighted by Crippen LogP contribution is -2.09. The van der Waals surface area contributed by atoms with Crippen molar-refractivity contribution in [3.63, 3.8) is 0 Å². The number of rotatable bonds is 4. The average molecular weight is 177 g/mol. The van der Waals surface area contributed by atoms with Crippen molar-refractivity contribution in [2.75, 3.05) is 6.61 Å². The van der Waals surface area contributed by atoms with Crippen LogP contribution in [0.5, 0.6) is 5.75 Å². The van der Waals surface area contributed by atoms with Gasteiger partial charge in [0.05, 0.1) is 0 Å². The number of benzene rings is 1. The smallest absolute Gasteiger partial charge is 0.341 e. The lowest BCUT2D eigenvalue weighted by Gasteiger charge is -2.02. The maximum absolute atomic E-state index is 10.1. The van der Waals surface area contributed by atoms with Crippen LogP contribution in [-0.4, -0.2) is 17.7 Å². The molecule has 3 heteroatoms. The standard InChI is InChI=1S/C10H9O3/c1-2-8-3-5-9(6-4-8)13-7-10(11)12/h1-6H,7H2,(H,11,12). The van der Waals surface area contributed by atoms with Crippen molar-refractivity contribution >= 4 is 12.0 Å². The molecule has 3 nitrogen and oxygen atoms in total. The van der Waals surface area contributed by atoms with Crippen LogP contribution in [0.4, 0.5) is 0 Å². The van der Waals surface area contributed by atoms with E-state index in [0.29, 0.717) is 5.75 Å². The van der Waals surface area contributed by atoms with Crippen LogP contribution in [0.3, 0.4) is 0 Å². The van der Waals surface area contributed by atoms with E-state index in [1.165, 1.54) is 6.08 Å². The van der Waals surface area contributed by atoms with E-state index >= 15 is 0 Å². The van der Waals surface area contributed by atoms with Crippen LogP contribution in [0.25, 0.3) is 6.08 Å². The lowest BCUT2D eigenvalue weighted by atomic mass is 10.2. The Labute approximate surface area is 76.3 Å². The van der Waals surface area contributed by atoms with Gasteiger partial charge >= 0.3 is 5.97 Å². The topological polar surface area (TPSA) is 46.5 Å². The summed E-state index contributed by atoms with van der Waals surface area (Å²) < 4.78 is 4.91. The summed E-state index contributed by atoms with van der Waals surface area (Å²) in [7, 11) is 0. The van der Waals surface area contributed by atoms with Gasteiger partial charge in [0, 0.05) is 0 Å².